The first kappa shape index (κ1) is 22.6. The summed E-state index contributed by atoms with van der Waals surface area (Å²) in [6.07, 6.45) is 3.16. The van der Waals surface area contributed by atoms with Crippen LogP contribution in [0.5, 0.6) is 17.2 Å². The van der Waals surface area contributed by atoms with Crippen LogP contribution in [0.3, 0.4) is 0 Å². The number of rotatable bonds is 8. The number of amides is 1. The van der Waals surface area contributed by atoms with Gasteiger partial charge in [0.1, 0.15) is 22.9 Å². The van der Waals surface area contributed by atoms with Crippen molar-refractivity contribution < 1.29 is 19.0 Å². The number of para-hydroxylation sites is 1. The minimum atomic E-state index is -0.399. The van der Waals surface area contributed by atoms with Gasteiger partial charge in [0.15, 0.2) is 0 Å². The fraction of sp³-hybridized carbons (Fsp3) is 0.115. The van der Waals surface area contributed by atoms with Crippen molar-refractivity contribution in [3.63, 3.8) is 0 Å². The first-order chi connectivity index (χ1) is 16.6. The summed E-state index contributed by atoms with van der Waals surface area (Å²) in [5.74, 6) is 1.17. The van der Waals surface area contributed by atoms with Crippen LogP contribution in [0.4, 0.5) is 0 Å². The summed E-state index contributed by atoms with van der Waals surface area (Å²) in [5.41, 5.74) is 5.76. The number of methoxy groups -OCH3 is 3. The zero-order valence-electron chi connectivity index (χ0n) is 19.1. The van der Waals surface area contributed by atoms with E-state index < -0.39 is 5.91 Å². The van der Waals surface area contributed by atoms with E-state index in [1.54, 1.807) is 30.1 Å². The second-order valence-corrected chi connectivity index (χ2v) is 7.18. The Hall–Kier alpha value is -4.59. The Balaban J connectivity index is 1.65. The molecule has 0 aliphatic rings. The highest BCUT2D eigenvalue weighted by Gasteiger charge is 2.19. The van der Waals surface area contributed by atoms with Gasteiger partial charge in [0, 0.05) is 23.9 Å². The molecule has 0 atom stereocenters. The van der Waals surface area contributed by atoms with Crippen molar-refractivity contribution >= 4 is 12.1 Å². The van der Waals surface area contributed by atoms with E-state index in [0.717, 1.165) is 11.3 Å². The highest BCUT2D eigenvalue weighted by molar-refractivity contribution is 6.00. The molecule has 1 amide bonds. The van der Waals surface area contributed by atoms with Gasteiger partial charge in [-0.25, -0.2) is 10.1 Å². The lowest BCUT2D eigenvalue weighted by Crippen LogP contribution is -2.18. The lowest BCUT2D eigenvalue weighted by atomic mass is 10.1. The topological polar surface area (TPSA) is 87.0 Å². The van der Waals surface area contributed by atoms with Crippen LogP contribution in [0, 0.1) is 0 Å². The lowest BCUT2D eigenvalue weighted by molar-refractivity contribution is 0.0955. The number of hydrazone groups is 1. The minimum Gasteiger partial charge on any atom is -0.496 e. The number of carbonyl (C=O) groups excluding carboxylic acids is 1. The molecule has 172 valence electrons. The number of nitrogens with zero attached hydrogens (tertiary/aromatic N) is 3. The molecule has 1 heterocycles. The van der Waals surface area contributed by atoms with Crippen molar-refractivity contribution in [1.82, 2.24) is 15.2 Å². The standard InChI is InChI=1S/C26H24N4O4/c1-32-20-14-23(33-2)21(24(15-20)34-3)16-27-28-26(31)22-17-30(19-12-8-5-9-13-19)29-25(22)18-10-6-4-7-11-18/h4-17H,1-3H3,(H,28,31)/b27-16+. The van der Waals surface area contributed by atoms with Gasteiger partial charge in [-0.2, -0.15) is 10.2 Å². The van der Waals surface area contributed by atoms with Crippen LogP contribution in [-0.4, -0.2) is 43.2 Å². The summed E-state index contributed by atoms with van der Waals surface area (Å²) in [5, 5.41) is 8.81. The zero-order chi connectivity index (χ0) is 23.9. The van der Waals surface area contributed by atoms with Gasteiger partial charge in [-0.05, 0) is 12.1 Å². The van der Waals surface area contributed by atoms with Gasteiger partial charge >= 0.3 is 0 Å². The Morgan fingerprint density at radius 2 is 1.53 bits per heavy atom. The van der Waals surface area contributed by atoms with Crippen LogP contribution in [0.1, 0.15) is 15.9 Å². The fourth-order valence-corrected chi connectivity index (χ4v) is 3.44. The Morgan fingerprint density at radius 3 is 2.12 bits per heavy atom. The van der Waals surface area contributed by atoms with E-state index in [4.69, 9.17) is 14.2 Å². The molecule has 34 heavy (non-hydrogen) atoms. The average molecular weight is 457 g/mol. The van der Waals surface area contributed by atoms with Gasteiger partial charge < -0.3 is 14.2 Å². The summed E-state index contributed by atoms with van der Waals surface area (Å²) in [4.78, 5) is 13.1. The molecule has 0 aliphatic heterocycles. The number of hydrogen-bond donors (Lipinski definition) is 1. The van der Waals surface area contributed by atoms with Crippen molar-refractivity contribution in [2.75, 3.05) is 21.3 Å². The Bertz CT molecular complexity index is 1280. The minimum absolute atomic E-state index is 0.390. The monoisotopic (exact) mass is 456 g/mol. The van der Waals surface area contributed by atoms with E-state index in [1.165, 1.54) is 20.4 Å². The maximum Gasteiger partial charge on any atom is 0.275 e. The van der Waals surface area contributed by atoms with Gasteiger partial charge in [-0.3, -0.25) is 4.79 Å². The van der Waals surface area contributed by atoms with Crippen LogP contribution in [0.15, 0.2) is 84.1 Å². The van der Waals surface area contributed by atoms with E-state index in [1.807, 2.05) is 60.7 Å². The third-order valence-electron chi connectivity index (χ3n) is 5.14. The molecule has 0 unspecified atom stereocenters. The van der Waals surface area contributed by atoms with Crippen LogP contribution in [0.25, 0.3) is 16.9 Å². The predicted molar refractivity (Wildman–Crippen MR) is 130 cm³/mol. The molecule has 0 bridgehead atoms. The molecule has 8 nitrogen and oxygen atoms in total. The molecule has 8 heteroatoms. The summed E-state index contributed by atoms with van der Waals surface area (Å²) in [7, 11) is 4.63. The molecule has 1 N–H and O–H groups in total. The number of benzene rings is 3. The molecule has 0 saturated carbocycles. The van der Waals surface area contributed by atoms with Crippen LogP contribution >= 0.6 is 0 Å². The second-order valence-electron chi connectivity index (χ2n) is 7.18. The predicted octanol–water partition coefficient (Wildman–Crippen LogP) is 4.33. The maximum absolute atomic E-state index is 13.1. The van der Waals surface area contributed by atoms with Gasteiger partial charge in [0.2, 0.25) is 0 Å². The van der Waals surface area contributed by atoms with Crippen molar-refractivity contribution in [3.05, 3.63) is 90.1 Å². The van der Waals surface area contributed by atoms with Gasteiger partial charge in [-0.1, -0.05) is 48.5 Å². The molecular formula is C26H24N4O4. The third kappa shape index (κ3) is 4.75. The molecule has 4 rings (SSSR count). The van der Waals surface area contributed by atoms with Crippen molar-refractivity contribution in [1.29, 1.82) is 0 Å². The van der Waals surface area contributed by atoms with E-state index in [-0.39, 0.29) is 0 Å². The molecule has 0 spiro atoms. The summed E-state index contributed by atoms with van der Waals surface area (Å²) in [6.45, 7) is 0. The number of ether oxygens (including phenoxy) is 3. The molecule has 1 aromatic heterocycles. The lowest BCUT2D eigenvalue weighted by Gasteiger charge is -2.12. The highest BCUT2D eigenvalue weighted by atomic mass is 16.5. The fourth-order valence-electron chi connectivity index (χ4n) is 3.44. The van der Waals surface area contributed by atoms with Crippen molar-refractivity contribution in [3.8, 4) is 34.2 Å². The second kappa shape index (κ2) is 10.4. The van der Waals surface area contributed by atoms with Crippen molar-refractivity contribution in [2.24, 2.45) is 5.10 Å². The molecule has 0 radical (unpaired) electrons. The third-order valence-corrected chi connectivity index (χ3v) is 5.14. The number of hydrogen-bond acceptors (Lipinski definition) is 6. The molecule has 0 aliphatic carbocycles. The molecule has 0 fully saturated rings. The average Bonchev–Trinajstić information content (AvgIpc) is 3.35. The quantitative estimate of drug-likeness (QED) is 0.315. The highest BCUT2D eigenvalue weighted by Crippen LogP contribution is 2.32. The van der Waals surface area contributed by atoms with E-state index in [9.17, 15) is 4.79 Å². The normalized spacial score (nSPS) is 10.8. The number of nitrogens with one attached hydrogen (secondary N) is 1. The first-order valence-electron chi connectivity index (χ1n) is 10.5. The summed E-state index contributed by atoms with van der Waals surface area (Å²) >= 11 is 0. The van der Waals surface area contributed by atoms with E-state index >= 15 is 0 Å². The SMILES string of the molecule is COc1cc(OC)c(/C=N/NC(=O)c2cn(-c3ccccc3)nc2-c2ccccc2)c(OC)c1. The van der Waals surface area contributed by atoms with Crippen LogP contribution in [-0.2, 0) is 0 Å². The Morgan fingerprint density at radius 1 is 0.912 bits per heavy atom. The Kier molecular flexibility index (Phi) is 6.88. The van der Waals surface area contributed by atoms with E-state index in [0.29, 0.717) is 34.1 Å². The van der Waals surface area contributed by atoms with Gasteiger partial charge in [-0.15, -0.1) is 0 Å². The van der Waals surface area contributed by atoms with E-state index in [2.05, 4.69) is 15.6 Å². The molecular weight excluding hydrogens is 432 g/mol. The zero-order valence-corrected chi connectivity index (χ0v) is 19.1. The van der Waals surface area contributed by atoms with Gasteiger partial charge in [0.25, 0.3) is 5.91 Å². The Labute approximate surface area is 197 Å². The van der Waals surface area contributed by atoms with Crippen molar-refractivity contribution in [2.45, 2.75) is 0 Å². The largest absolute Gasteiger partial charge is 0.496 e. The van der Waals surface area contributed by atoms with Crippen LogP contribution in [0.2, 0.25) is 0 Å². The first-order valence-corrected chi connectivity index (χ1v) is 10.5. The molecule has 3 aromatic carbocycles. The number of carbonyl (C=O) groups is 1. The van der Waals surface area contributed by atoms with Gasteiger partial charge in [0.05, 0.1) is 44.4 Å². The molecule has 0 saturated heterocycles. The van der Waals surface area contributed by atoms with Crippen LogP contribution < -0.4 is 19.6 Å². The summed E-state index contributed by atoms with van der Waals surface area (Å²) in [6, 6.07) is 22.6. The number of aromatic nitrogens is 2. The summed E-state index contributed by atoms with van der Waals surface area (Å²) < 4.78 is 17.8. The smallest absolute Gasteiger partial charge is 0.275 e. The maximum atomic E-state index is 13.1. The molecule has 4 aromatic rings.